The van der Waals surface area contributed by atoms with Gasteiger partial charge in [-0.3, -0.25) is 0 Å². The molecule has 2 heteroatoms. The molecule has 56 heavy (non-hydrogen) atoms. The third-order valence-electron chi connectivity index (χ3n) is 11.2. The molecule has 0 aromatic heterocycles. The van der Waals surface area contributed by atoms with Crippen molar-refractivity contribution < 1.29 is 4.74 Å². The van der Waals surface area contributed by atoms with Gasteiger partial charge in [0.25, 0.3) is 0 Å². The van der Waals surface area contributed by atoms with E-state index >= 15 is 0 Å². The van der Waals surface area contributed by atoms with Crippen LogP contribution in [0.2, 0.25) is 0 Å². The maximum Gasteiger partial charge on any atom is 0.135 e. The van der Waals surface area contributed by atoms with Gasteiger partial charge in [-0.1, -0.05) is 158 Å². The normalized spacial score (nSPS) is 11.7. The van der Waals surface area contributed by atoms with E-state index in [1.54, 1.807) is 0 Å². The van der Waals surface area contributed by atoms with Gasteiger partial charge in [-0.2, -0.15) is 0 Å². The van der Waals surface area contributed by atoms with Crippen LogP contribution in [-0.2, 0) is 0 Å². The number of rotatable bonds is 6. The SMILES string of the molecule is c1cc(-c2cccc3ccccc23)cc(N(c2ccc(-c3ccc4ccccc4c3)cc2)c2cccc(-c3ccc4c5c(cccc35)-c3ccccc3O4)c2)c1. The third-order valence-corrected chi connectivity index (χ3v) is 11.2. The standard InChI is InChI=1S/C54H35NO/c1-2-13-39-33-40(26-25-36(39)11-1)37-27-29-43(30-28-37)55(44-17-7-15-41(34-44)47-21-9-14-38-12-3-4-19-46(38)47)45-18-8-16-42(35-45)48-31-32-53-54-50(48)22-10-23-51(54)49-20-5-6-24-52(49)56-53/h1-35H. The zero-order valence-corrected chi connectivity index (χ0v) is 30.6. The van der Waals surface area contributed by atoms with E-state index < -0.39 is 0 Å². The van der Waals surface area contributed by atoms with Crippen LogP contribution < -0.4 is 9.64 Å². The second-order valence-corrected chi connectivity index (χ2v) is 14.5. The Morgan fingerprint density at radius 1 is 0.286 bits per heavy atom. The molecule has 1 aliphatic rings. The summed E-state index contributed by atoms with van der Waals surface area (Å²) in [5, 5.41) is 7.30. The molecule has 10 aromatic rings. The quantitative estimate of drug-likeness (QED) is 0.170. The summed E-state index contributed by atoms with van der Waals surface area (Å²) in [6, 6.07) is 76.5. The lowest BCUT2D eigenvalue weighted by atomic mass is 9.90. The van der Waals surface area contributed by atoms with Gasteiger partial charge < -0.3 is 9.64 Å². The van der Waals surface area contributed by atoms with Crippen LogP contribution in [0.5, 0.6) is 11.5 Å². The van der Waals surface area contributed by atoms with Crippen molar-refractivity contribution in [2.24, 2.45) is 0 Å². The first kappa shape index (κ1) is 32.0. The Labute approximate surface area is 326 Å². The molecule has 0 saturated carbocycles. The maximum absolute atomic E-state index is 6.45. The van der Waals surface area contributed by atoms with Crippen LogP contribution in [0.15, 0.2) is 212 Å². The van der Waals surface area contributed by atoms with Gasteiger partial charge in [-0.25, -0.2) is 0 Å². The van der Waals surface area contributed by atoms with Crippen LogP contribution in [0, 0.1) is 0 Å². The molecule has 11 rings (SSSR count). The Morgan fingerprint density at radius 3 is 1.70 bits per heavy atom. The summed E-state index contributed by atoms with van der Waals surface area (Å²) in [6.45, 7) is 0. The summed E-state index contributed by atoms with van der Waals surface area (Å²) in [6.07, 6.45) is 0. The molecule has 0 spiro atoms. The first-order chi connectivity index (χ1) is 27.7. The smallest absolute Gasteiger partial charge is 0.135 e. The Balaban J connectivity index is 1.05. The maximum atomic E-state index is 6.45. The topological polar surface area (TPSA) is 12.5 Å². The zero-order valence-electron chi connectivity index (χ0n) is 30.6. The summed E-state index contributed by atoms with van der Waals surface area (Å²) < 4.78 is 6.45. The van der Waals surface area contributed by atoms with Crippen molar-refractivity contribution >= 4 is 49.4 Å². The number of hydrogen-bond donors (Lipinski definition) is 0. The van der Waals surface area contributed by atoms with Gasteiger partial charge in [0.1, 0.15) is 11.5 Å². The largest absolute Gasteiger partial charge is 0.456 e. The molecule has 0 unspecified atom stereocenters. The average molecular weight is 714 g/mol. The van der Waals surface area contributed by atoms with Crippen molar-refractivity contribution in [3.8, 4) is 56.0 Å². The van der Waals surface area contributed by atoms with Crippen molar-refractivity contribution in [2.45, 2.75) is 0 Å². The zero-order chi connectivity index (χ0) is 37.0. The molecule has 0 radical (unpaired) electrons. The minimum Gasteiger partial charge on any atom is -0.456 e. The summed E-state index contributed by atoms with van der Waals surface area (Å²) in [7, 11) is 0. The molecule has 0 saturated heterocycles. The number of benzene rings is 10. The van der Waals surface area contributed by atoms with Crippen LogP contribution >= 0.6 is 0 Å². The number of nitrogens with zero attached hydrogens (tertiary/aromatic N) is 1. The molecule has 10 aromatic carbocycles. The molecule has 0 bridgehead atoms. The molecule has 1 heterocycles. The van der Waals surface area contributed by atoms with Crippen LogP contribution in [0.4, 0.5) is 17.1 Å². The van der Waals surface area contributed by atoms with Crippen molar-refractivity contribution in [1.82, 2.24) is 0 Å². The van der Waals surface area contributed by atoms with Crippen LogP contribution in [-0.4, -0.2) is 0 Å². The Bertz CT molecular complexity index is 3120. The fraction of sp³-hybridized carbons (Fsp3) is 0. The summed E-state index contributed by atoms with van der Waals surface area (Å²) in [4.78, 5) is 2.38. The molecule has 0 fully saturated rings. The molecule has 1 aliphatic heterocycles. The Morgan fingerprint density at radius 2 is 0.875 bits per heavy atom. The van der Waals surface area contributed by atoms with Crippen molar-refractivity contribution in [3.05, 3.63) is 212 Å². The fourth-order valence-corrected chi connectivity index (χ4v) is 8.55. The lowest BCUT2D eigenvalue weighted by Crippen LogP contribution is -2.10. The van der Waals surface area contributed by atoms with Gasteiger partial charge in [0, 0.05) is 28.0 Å². The molecule has 0 atom stereocenters. The Kier molecular flexibility index (Phi) is 7.53. The van der Waals surface area contributed by atoms with E-state index in [1.807, 2.05) is 12.1 Å². The highest BCUT2D eigenvalue weighted by atomic mass is 16.5. The monoisotopic (exact) mass is 713 g/mol. The van der Waals surface area contributed by atoms with E-state index in [0.717, 1.165) is 45.1 Å². The van der Waals surface area contributed by atoms with Gasteiger partial charge in [0.05, 0.1) is 0 Å². The highest BCUT2D eigenvalue weighted by molar-refractivity contribution is 6.10. The predicted octanol–water partition coefficient (Wildman–Crippen LogP) is 15.4. The molecule has 0 N–H and O–H groups in total. The second-order valence-electron chi connectivity index (χ2n) is 14.5. The minimum atomic E-state index is 0.896. The summed E-state index contributed by atoms with van der Waals surface area (Å²) in [5.41, 5.74) is 12.7. The van der Waals surface area contributed by atoms with Crippen LogP contribution in [0.1, 0.15) is 0 Å². The van der Waals surface area contributed by atoms with E-state index in [-0.39, 0.29) is 0 Å². The second kappa shape index (κ2) is 13.2. The van der Waals surface area contributed by atoms with Crippen LogP contribution in [0.25, 0.3) is 76.8 Å². The number of fused-ring (bicyclic) bond motifs is 4. The first-order valence-corrected chi connectivity index (χ1v) is 19.2. The van der Waals surface area contributed by atoms with Gasteiger partial charge >= 0.3 is 0 Å². The number of ether oxygens (including phenoxy) is 1. The lowest BCUT2D eigenvalue weighted by Gasteiger charge is -2.27. The van der Waals surface area contributed by atoms with E-state index in [0.29, 0.717) is 0 Å². The predicted molar refractivity (Wildman–Crippen MR) is 235 cm³/mol. The number of para-hydroxylation sites is 1. The molecule has 262 valence electrons. The van der Waals surface area contributed by atoms with E-state index in [1.165, 1.54) is 60.3 Å². The molecular formula is C54H35NO. The third kappa shape index (κ3) is 5.42. The average Bonchev–Trinajstić information content (AvgIpc) is 3.27. The van der Waals surface area contributed by atoms with E-state index in [9.17, 15) is 0 Å². The van der Waals surface area contributed by atoms with E-state index in [2.05, 4.69) is 205 Å². The fourth-order valence-electron chi connectivity index (χ4n) is 8.55. The highest BCUT2D eigenvalue weighted by Gasteiger charge is 2.22. The molecular weight excluding hydrogens is 679 g/mol. The number of hydrogen-bond acceptors (Lipinski definition) is 2. The first-order valence-electron chi connectivity index (χ1n) is 19.2. The molecule has 0 amide bonds. The number of anilines is 3. The van der Waals surface area contributed by atoms with Gasteiger partial charge in [-0.15, -0.1) is 0 Å². The van der Waals surface area contributed by atoms with Gasteiger partial charge in [0.15, 0.2) is 0 Å². The summed E-state index contributed by atoms with van der Waals surface area (Å²) >= 11 is 0. The molecule has 0 aliphatic carbocycles. The molecule has 2 nitrogen and oxygen atoms in total. The van der Waals surface area contributed by atoms with Crippen molar-refractivity contribution in [1.29, 1.82) is 0 Å². The van der Waals surface area contributed by atoms with Crippen LogP contribution in [0.3, 0.4) is 0 Å². The van der Waals surface area contributed by atoms with Gasteiger partial charge in [-0.05, 0) is 120 Å². The minimum absolute atomic E-state index is 0.896. The highest BCUT2D eigenvalue weighted by Crippen LogP contribution is 2.49. The van der Waals surface area contributed by atoms with Crippen molar-refractivity contribution in [2.75, 3.05) is 4.90 Å². The Hall–Kier alpha value is -7.42. The van der Waals surface area contributed by atoms with Crippen molar-refractivity contribution in [3.63, 3.8) is 0 Å². The van der Waals surface area contributed by atoms with Gasteiger partial charge in [0.2, 0.25) is 0 Å². The lowest BCUT2D eigenvalue weighted by molar-refractivity contribution is 0.487. The van der Waals surface area contributed by atoms with E-state index in [4.69, 9.17) is 4.74 Å². The summed E-state index contributed by atoms with van der Waals surface area (Å²) in [5.74, 6) is 1.79.